The summed E-state index contributed by atoms with van der Waals surface area (Å²) in [5, 5.41) is 5.28. The van der Waals surface area contributed by atoms with Crippen molar-refractivity contribution in [2.75, 3.05) is 20.8 Å². The second-order valence-electron chi connectivity index (χ2n) is 7.51. The average molecular weight is 475 g/mol. The molecule has 0 radical (unpaired) electrons. The Kier molecular flexibility index (Phi) is 9.60. The van der Waals surface area contributed by atoms with Gasteiger partial charge in [-0.3, -0.25) is 9.59 Å². The lowest BCUT2D eigenvalue weighted by Crippen LogP contribution is -2.53. The van der Waals surface area contributed by atoms with E-state index in [1.165, 1.54) is 27.2 Å². The van der Waals surface area contributed by atoms with Crippen molar-refractivity contribution in [1.82, 2.24) is 20.6 Å². The third-order valence-electron chi connectivity index (χ3n) is 4.64. The van der Waals surface area contributed by atoms with Crippen LogP contribution >= 0.6 is 0 Å². The van der Waals surface area contributed by atoms with Crippen LogP contribution in [0.4, 0.5) is 0 Å². The quantitative estimate of drug-likeness (QED) is 0.469. The topological polar surface area (TPSA) is 138 Å². The minimum absolute atomic E-state index is 0.0853. The highest BCUT2D eigenvalue weighted by Crippen LogP contribution is 2.26. The fraction of sp³-hybridized carbons (Fsp3) is 0.435. The zero-order valence-corrected chi connectivity index (χ0v) is 20.1. The lowest BCUT2D eigenvalue weighted by molar-refractivity contribution is -0.147. The number of rotatable bonds is 11. The van der Waals surface area contributed by atoms with Crippen molar-refractivity contribution in [2.24, 2.45) is 5.92 Å². The van der Waals surface area contributed by atoms with E-state index in [1.54, 1.807) is 45.0 Å². The van der Waals surface area contributed by atoms with Crippen LogP contribution in [-0.2, 0) is 14.3 Å². The molecule has 0 bridgehead atoms. The Balaban J connectivity index is 2.22. The van der Waals surface area contributed by atoms with Crippen LogP contribution in [0.2, 0.25) is 0 Å². The number of nitrogens with zero attached hydrogens (tertiary/aromatic N) is 2. The van der Waals surface area contributed by atoms with Gasteiger partial charge < -0.3 is 29.6 Å². The van der Waals surface area contributed by atoms with Crippen LogP contribution in [0.25, 0.3) is 0 Å². The monoisotopic (exact) mass is 474 g/mol. The molecule has 11 nitrogen and oxygen atoms in total. The molecule has 34 heavy (non-hydrogen) atoms. The van der Waals surface area contributed by atoms with Gasteiger partial charge in [-0.25, -0.2) is 4.79 Å². The molecule has 0 fully saturated rings. The summed E-state index contributed by atoms with van der Waals surface area (Å²) in [6.07, 6.45) is 0. The Morgan fingerprint density at radius 3 is 2.15 bits per heavy atom. The molecule has 0 aliphatic carbocycles. The molecule has 2 aromatic rings. The minimum Gasteiger partial charge on any atom is -0.481 e. The highest BCUT2D eigenvalue weighted by molar-refractivity contribution is 6.00. The van der Waals surface area contributed by atoms with Crippen molar-refractivity contribution in [3.8, 4) is 23.5 Å². The number of methoxy groups -OCH3 is 2. The van der Waals surface area contributed by atoms with Crippen molar-refractivity contribution < 1.29 is 33.3 Å². The standard InChI is InChI=1S/C23H30N4O7/c1-7-33-22(30)14(4)24-21(29)19(13(2)3)27-20(28)15-10-8-9-11-16(15)34-23-25-17(31-5)12-18(26-23)32-6/h8-14,19H,7H2,1-6H3,(H,24,29)(H,27,28). The second kappa shape index (κ2) is 12.4. The molecule has 1 aromatic carbocycles. The Morgan fingerprint density at radius 2 is 1.59 bits per heavy atom. The SMILES string of the molecule is CCOC(=O)C(C)NC(=O)C(NC(=O)c1ccccc1Oc1nc(OC)cc(OC)n1)C(C)C. The fourth-order valence-electron chi connectivity index (χ4n) is 2.86. The van der Waals surface area contributed by atoms with Crippen molar-refractivity contribution >= 4 is 17.8 Å². The first kappa shape index (κ1) is 26.4. The highest BCUT2D eigenvalue weighted by atomic mass is 16.5. The average Bonchev–Trinajstić information content (AvgIpc) is 2.82. The molecule has 2 N–H and O–H groups in total. The van der Waals surface area contributed by atoms with E-state index >= 15 is 0 Å². The van der Waals surface area contributed by atoms with E-state index in [9.17, 15) is 14.4 Å². The number of aromatic nitrogens is 2. The second-order valence-corrected chi connectivity index (χ2v) is 7.51. The molecule has 0 saturated heterocycles. The molecule has 2 amide bonds. The summed E-state index contributed by atoms with van der Waals surface area (Å²) in [6.45, 7) is 6.94. The number of amides is 2. The first-order valence-corrected chi connectivity index (χ1v) is 10.7. The maximum atomic E-state index is 13.1. The number of benzene rings is 1. The Morgan fingerprint density at radius 1 is 0.971 bits per heavy atom. The predicted octanol–water partition coefficient (Wildman–Crippen LogP) is 2.11. The van der Waals surface area contributed by atoms with Crippen LogP contribution in [-0.4, -0.2) is 60.7 Å². The number of ether oxygens (including phenoxy) is 4. The molecule has 11 heteroatoms. The van der Waals surface area contributed by atoms with E-state index in [-0.39, 0.29) is 41.6 Å². The van der Waals surface area contributed by atoms with E-state index in [0.29, 0.717) is 0 Å². The maximum Gasteiger partial charge on any atom is 0.328 e. The third kappa shape index (κ3) is 7.06. The van der Waals surface area contributed by atoms with E-state index in [4.69, 9.17) is 18.9 Å². The molecule has 1 aromatic heterocycles. The van der Waals surface area contributed by atoms with Crippen molar-refractivity contribution in [3.63, 3.8) is 0 Å². The van der Waals surface area contributed by atoms with E-state index in [1.807, 2.05) is 0 Å². The largest absolute Gasteiger partial charge is 0.481 e. The van der Waals surface area contributed by atoms with Gasteiger partial charge in [-0.1, -0.05) is 26.0 Å². The lowest BCUT2D eigenvalue weighted by atomic mass is 10.0. The zero-order valence-electron chi connectivity index (χ0n) is 20.1. The Bertz CT molecular complexity index is 990. The van der Waals surface area contributed by atoms with Crippen LogP contribution in [0.15, 0.2) is 30.3 Å². The van der Waals surface area contributed by atoms with Crippen LogP contribution in [0.1, 0.15) is 38.1 Å². The van der Waals surface area contributed by atoms with Gasteiger partial charge in [0.1, 0.15) is 17.8 Å². The number of nitrogens with one attached hydrogen (secondary N) is 2. The molecule has 0 aliphatic heterocycles. The van der Waals surface area contributed by atoms with Crippen LogP contribution in [0, 0.1) is 5.92 Å². The Labute approximate surface area is 198 Å². The molecule has 0 saturated carbocycles. The number of hydrogen-bond acceptors (Lipinski definition) is 9. The molecule has 0 spiro atoms. The molecular formula is C23H30N4O7. The summed E-state index contributed by atoms with van der Waals surface area (Å²) < 4.78 is 20.9. The van der Waals surface area contributed by atoms with Crippen LogP contribution in [0.3, 0.4) is 0 Å². The fourth-order valence-corrected chi connectivity index (χ4v) is 2.86. The van der Waals surface area contributed by atoms with Gasteiger partial charge in [0.05, 0.1) is 32.5 Å². The normalized spacial score (nSPS) is 12.3. The van der Waals surface area contributed by atoms with Gasteiger partial charge in [0, 0.05) is 0 Å². The third-order valence-corrected chi connectivity index (χ3v) is 4.64. The lowest BCUT2D eigenvalue weighted by Gasteiger charge is -2.24. The molecule has 2 rings (SSSR count). The van der Waals surface area contributed by atoms with Crippen molar-refractivity contribution in [3.05, 3.63) is 35.9 Å². The molecule has 1 heterocycles. The molecule has 0 aliphatic rings. The van der Waals surface area contributed by atoms with E-state index in [0.717, 1.165) is 0 Å². The number of hydrogen-bond donors (Lipinski definition) is 2. The summed E-state index contributed by atoms with van der Waals surface area (Å²) in [5.41, 5.74) is 0.157. The van der Waals surface area contributed by atoms with Gasteiger partial charge in [0.25, 0.3) is 5.91 Å². The zero-order chi connectivity index (χ0) is 25.3. The van der Waals surface area contributed by atoms with Gasteiger partial charge in [-0.2, -0.15) is 9.97 Å². The van der Waals surface area contributed by atoms with E-state index < -0.39 is 29.9 Å². The number of esters is 1. The van der Waals surface area contributed by atoms with Crippen molar-refractivity contribution in [1.29, 1.82) is 0 Å². The molecule has 2 unspecified atom stereocenters. The summed E-state index contributed by atoms with van der Waals surface area (Å²) in [5.74, 6) is -1.29. The summed E-state index contributed by atoms with van der Waals surface area (Å²) in [6, 6.07) is 6.06. The summed E-state index contributed by atoms with van der Waals surface area (Å²) in [4.78, 5) is 45.9. The summed E-state index contributed by atoms with van der Waals surface area (Å²) >= 11 is 0. The number of carbonyl (C=O) groups is 3. The van der Waals surface area contributed by atoms with Gasteiger partial charge in [0.2, 0.25) is 17.7 Å². The number of carbonyl (C=O) groups excluding carboxylic acids is 3. The van der Waals surface area contributed by atoms with Crippen LogP contribution in [0.5, 0.6) is 23.5 Å². The van der Waals surface area contributed by atoms with E-state index in [2.05, 4.69) is 20.6 Å². The van der Waals surface area contributed by atoms with Gasteiger partial charge in [-0.15, -0.1) is 0 Å². The smallest absolute Gasteiger partial charge is 0.328 e. The maximum absolute atomic E-state index is 13.1. The van der Waals surface area contributed by atoms with Gasteiger partial charge in [0.15, 0.2) is 0 Å². The minimum atomic E-state index is -0.911. The van der Waals surface area contributed by atoms with Gasteiger partial charge in [-0.05, 0) is 31.9 Å². The van der Waals surface area contributed by atoms with Crippen molar-refractivity contribution in [2.45, 2.75) is 39.8 Å². The van der Waals surface area contributed by atoms with Gasteiger partial charge >= 0.3 is 12.0 Å². The molecule has 2 atom stereocenters. The summed E-state index contributed by atoms with van der Waals surface area (Å²) in [7, 11) is 2.87. The molecular weight excluding hydrogens is 444 g/mol. The molecule has 184 valence electrons. The number of para-hydroxylation sites is 1. The van der Waals surface area contributed by atoms with Crippen LogP contribution < -0.4 is 24.8 Å². The first-order chi connectivity index (χ1) is 16.2. The highest BCUT2D eigenvalue weighted by Gasteiger charge is 2.28. The Hall–Kier alpha value is -3.89. The first-order valence-electron chi connectivity index (χ1n) is 10.7. The predicted molar refractivity (Wildman–Crippen MR) is 122 cm³/mol.